The van der Waals surface area contributed by atoms with Crippen molar-refractivity contribution >= 4 is 57.5 Å². The van der Waals surface area contributed by atoms with Crippen molar-refractivity contribution in [3.05, 3.63) is 118 Å². The van der Waals surface area contributed by atoms with Gasteiger partial charge in [0.15, 0.2) is 5.82 Å². The van der Waals surface area contributed by atoms with Crippen molar-refractivity contribution in [1.82, 2.24) is 29.7 Å². The van der Waals surface area contributed by atoms with E-state index in [-0.39, 0.29) is 24.0 Å². The minimum absolute atomic E-state index is 0.0113. The number of fused-ring (bicyclic) bond motifs is 2. The van der Waals surface area contributed by atoms with E-state index in [1.54, 1.807) is 6.20 Å². The van der Waals surface area contributed by atoms with E-state index in [2.05, 4.69) is 25.1 Å². The van der Waals surface area contributed by atoms with Gasteiger partial charge >= 0.3 is 6.03 Å². The minimum Gasteiger partial charge on any atom is -0.355 e. The van der Waals surface area contributed by atoms with Gasteiger partial charge in [0.05, 0.1) is 29.4 Å². The summed E-state index contributed by atoms with van der Waals surface area (Å²) in [6, 6.07) is 25.3. The maximum Gasteiger partial charge on any atom is 0.317 e. The molecule has 0 radical (unpaired) electrons. The molecule has 3 amide bonds. The Labute approximate surface area is 298 Å². The van der Waals surface area contributed by atoms with Gasteiger partial charge < -0.3 is 30.0 Å². The zero-order valence-electron chi connectivity index (χ0n) is 26.9. The number of hydrogen-bond acceptors (Lipinski definition) is 5. The Kier molecular flexibility index (Phi) is 7.51. The number of rotatable bonds is 6. The topological polar surface area (TPSA) is 111 Å². The van der Waals surface area contributed by atoms with Crippen LogP contribution in [0.5, 0.6) is 0 Å². The van der Waals surface area contributed by atoms with Crippen LogP contribution in [0.4, 0.5) is 16.3 Å². The maximum atomic E-state index is 14.5. The summed E-state index contributed by atoms with van der Waals surface area (Å²) in [6.07, 6.45) is 5.24. The molecule has 2 saturated heterocycles. The number of anilines is 2. The molecule has 0 unspecified atom stereocenters. The van der Waals surface area contributed by atoms with E-state index >= 15 is 0 Å². The van der Waals surface area contributed by atoms with E-state index in [4.69, 9.17) is 33.2 Å². The number of imidazole rings is 1. The average molecular weight is 704 g/mol. The van der Waals surface area contributed by atoms with Crippen LogP contribution in [-0.2, 0) is 0 Å². The minimum atomic E-state index is -0.298. The summed E-state index contributed by atoms with van der Waals surface area (Å²) in [4.78, 5) is 44.0. The second kappa shape index (κ2) is 12.2. The number of hydrogen-bond donors (Lipinski definition) is 3. The van der Waals surface area contributed by atoms with Gasteiger partial charge in [-0.2, -0.15) is 0 Å². The molecule has 1 atom stereocenters. The number of benzene rings is 3. The lowest BCUT2D eigenvalue weighted by atomic mass is 9.88. The van der Waals surface area contributed by atoms with Crippen LogP contribution < -0.4 is 15.5 Å². The highest BCUT2D eigenvalue weighted by atomic mass is 35.5. The molecule has 50 heavy (non-hydrogen) atoms. The van der Waals surface area contributed by atoms with Gasteiger partial charge in [-0.05, 0) is 60.4 Å². The Bertz CT molecular complexity index is 2280. The maximum absolute atomic E-state index is 14.5. The fourth-order valence-electron chi connectivity index (χ4n) is 7.85. The molecule has 10 nitrogen and oxygen atoms in total. The first-order valence-corrected chi connectivity index (χ1v) is 17.5. The highest BCUT2D eigenvalue weighted by Gasteiger charge is 2.37. The van der Waals surface area contributed by atoms with Crippen LogP contribution in [0, 0.1) is 0 Å². The van der Waals surface area contributed by atoms with Gasteiger partial charge in [0.1, 0.15) is 5.69 Å². The molecular weight excluding hydrogens is 671 g/mol. The van der Waals surface area contributed by atoms with Crippen molar-refractivity contribution in [3.63, 3.8) is 0 Å². The van der Waals surface area contributed by atoms with Crippen LogP contribution in [-0.4, -0.2) is 68.6 Å². The van der Waals surface area contributed by atoms with E-state index in [1.165, 1.54) is 0 Å². The Morgan fingerprint density at radius 3 is 2.46 bits per heavy atom. The van der Waals surface area contributed by atoms with Crippen molar-refractivity contribution in [2.75, 3.05) is 36.4 Å². The number of pyridine rings is 1. The predicted molar refractivity (Wildman–Crippen MR) is 196 cm³/mol. The molecule has 2 fully saturated rings. The monoisotopic (exact) mass is 702 g/mol. The van der Waals surface area contributed by atoms with Gasteiger partial charge in [0.2, 0.25) is 0 Å². The molecule has 6 aromatic rings. The zero-order valence-corrected chi connectivity index (χ0v) is 28.4. The molecule has 3 aromatic heterocycles. The number of piperidine rings is 1. The molecule has 3 aliphatic heterocycles. The Hall–Kier alpha value is -5.32. The van der Waals surface area contributed by atoms with Crippen molar-refractivity contribution in [1.29, 1.82) is 0 Å². The Balaban J connectivity index is 1.13. The third kappa shape index (κ3) is 5.09. The molecule has 9 rings (SSSR count). The molecule has 3 aromatic carbocycles. The molecular formula is C38H32Cl2N8O2. The number of aromatic nitrogens is 4. The second-order valence-electron chi connectivity index (χ2n) is 12.9. The molecule has 0 bridgehead atoms. The van der Waals surface area contributed by atoms with E-state index in [0.717, 1.165) is 77.0 Å². The van der Waals surface area contributed by atoms with E-state index in [1.807, 2.05) is 90.1 Å². The van der Waals surface area contributed by atoms with Gasteiger partial charge in [-0.1, -0.05) is 65.7 Å². The molecule has 0 saturated carbocycles. The smallest absolute Gasteiger partial charge is 0.317 e. The summed E-state index contributed by atoms with van der Waals surface area (Å²) in [7, 11) is 0. The lowest BCUT2D eigenvalue weighted by molar-refractivity contribution is 0.102. The second-order valence-corrected chi connectivity index (χ2v) is 13.8. The van der Waals surface area contributed by atoms with Crippen LogP contribution >= 0.6 is 23.2 Å². The highest BCUT2D eigenvalue weighted by molar-refractivity contribution is 6.32. The van der Waals surface area contributed by atoms with E-state index < -0.39 is 0 Å². The Morgan fingerprint density at radius 2 is 1.70 bits per heavy atom. The number of H-pyrrole nitrogens is 1. The molecule has 3 N–H and O–H groups in total. The van der Waals surface area contributed by atoms with Gasteiger partial charge in [0, 0.05) is 70.5 Å². The summed E-state index contributed by atoms with van der Waals surface area (Å²) in [6.45, 7) is 2.87. The fraction of sp³-hybridized carbons (Fsp3) is 0.211. The van der Waals surface area contributed by atoms with Gasteiger partial charge in [-0.3, -0.25) is 4.79 Å². The van der Waals surface area contributed by atoms with E-state index in [9.17, 15) is 9.59 Å². The number of nitrogens with zero attached hydrogens (tertiary/aromatic N) is 5. The summed E-state index contributed by atoms with van der Waals surface area (Å²) in [5.41, 5.74) is 7.08. The number of amides is 3. The molecule has 6 heterocycles. The Morgan fingerprint density at radius 1 is 0.900 bits per heavy atom. The summed E-state index contributed by atoms with van der Waals surface area (Å²) in [5, 5.41) is 8.23. The molecule has 12 heteroatoms. The quantitative estimate of drug-likeness (QED) is 0.165. The number of nitrogens with one attached hydrogen (secondary N) is 3. The number of carbonyl (C=O) groups is 2. The molecule has 3 aliphatic rings. The zero-order chi connectivity index (χ0) is 33.9. The first kappa shape index (κ1) is 30.7. The van der Waals surface area contributed by atoms with Crippen LogP contribution in [0.15, 0.2) is 91.4 Å². The number of carbonyl (C=O) groups excluding carboxylic acids is 2. The lowest BCUT2D eigenvalue weighted by Gasteiger charge is -2.37. The predicted octanol–water partition coefficient (Wildman–Crippen LogP) is 7.60. The van der Waals surface area contributed by atoms with Crippen LogP contribution in [0.25, 0.3) is 33.4 Å². The van der Waals surface area contributed by atoms with Crippen LogP contribution in [0.2, 0.25) is 10.0 Å². The summed E-state index contributed by atoms with van der Waals surface area (Å²) in [5.74, 6) is 0.407. The first-order chi connectivity index (χ1) is 24.4. The van der Waals surface area contributed by atoms with Crippen molar-refractivity contribution in [2.45, 2.75) is 24.9 Å². The van der Waals surface area contributed by atoms with Gasteiger partial charge in [-0.15, -0.1) is 0 Å². The molecule has 250 valence electrons. The third-order valence-corrected chi connectivity index (χ3v) is 10.6. The number of urea groups is 1. The number of aromatic amines is 1. The average Bonchev–Trinajstić information content (AvgIpc) is 3.87. The van der Waals surface area contributed by atoms with Crippen LogP contribution in [0.1, 0.15) is 40.5 Å². The molecule has 0 aliphatic carbocycles. The van der Waals surface area contributed by atoms with Crippen molar-refractivity contribution < 1.29 is 9.59 Å². The van der Waals surface area contributed by atoms with Gasteiger partial charge in [-0.25, -0.2) is 14.8 Å². The number of halogens is 2. The SMILES string of the molecule is O=C(Nc1cccnc1N1CCC(N2CCNC2=O)CC1)c1[nH]c2cc(Cl)cc3c2c1-c1c(-c2ccccc2)ncn1[C@@H]3c1ccc(Cl)cc1. The lowest BCUT2D eigenvalue weighted by Crippen LogP contribution is -2.46. The van der Waals surface area contributed by atoms with Gasteiger partial charge in [0.25, 0.3) is 5.91 Å². The standard InChI is InChI=1S/C38H32Cl2N8O2/c39-24-10-8-23(9-11-24)34-27-19-25(40)20-29-30(27)31(35-32(43-21-48(34)35)22-5-2-1-3-6-22)33(44-29)37(49)45-28-7-4-14-41-36(28)46-16-12-26(13-17-46)47-18-15-42-38(47)50/h1-11,14,19-21,26,34,44H,12-13,15-18H2,(H,42,50)(H,45,49)/t34-/m1/s1. The fourth-order valence-corrected chi connectivity index (χ4v) is 8.21. The third-order valence-electron chi connectivity index (χ3n) is 10.1. The highest BCUT2D eigenvalue weighted by Crippen LogP contribution is 2.50. The van der Waals surface area contributed by atoms with Crippen LogP contribution in [0.3, 0.4) is 0 Å². The van der Waals surface area contributed by atoms with Crippen molar-refractivity contribution in [2.24, 2.45) is 0 Å². The largest absolute Gasteiger partial charge is 0.355 e. The normalized spacial score (nSPS) is 17.2. The molecule has 0 spiro atoms. The summed E-state index contributed by atoms with van der Waals surface area (Å²) >= 11 is 13.1. The van der Waals surface area contributed by atoms with E-state index in [0.29, 0.717) is 33.8 Å². The van der Waals surface area contributed by atoms with Crippen molar-refractivity contribution in [3.8, 4) is 22.5 Å². The summed E-state index contributed by atoms with van der Waals surface area (Å²) < 4.78 is 2.13. The first-order valence-electron chi connectivity index (χ1n) is 16.7.